The number of carbonyl (C=O) groups is 2. The minimum Gasteiger partial charge on any atom is -0.357 e. The van der Waals surface area contributed by atoms with E-state index in [1.165, 1.54) is 0 Å². The Labute approximate surface area is 194 Å². The molecule has 2 aromatic rings. The summed E-state index contributed by atoms with van der Waals surface area (Å²) in [6.45, 7) is 10.4. The second-order valence-corrected chi connectivity index (χ2v) is 9.88. The maximum atomic E-state index is 12.6. The zero-order valence-corrected chi connectivity index (χ0v) is 20.4. The van der Waals surface area contributed by atoms with E-state index >= 15 is 0 Å². The van der Waals surface area contributed by atoms with Gasteiger partial charge in [0.25, 0.3) is 5.91 Å². The number of aromatic amines is 1. The molecule has 1 aliphatic heterocycles. The van der Waals surface area contributed by atoms with Crippen LogP contribution in [0.1, 0.15) is 42.8 Å². The number of amides is 2. The number of rotatable bonds is 9. The molecular weight excluding hydrogens is 442 g/mol. The van der Waals surface area contributed by atoms with E-state index in [1.807, 2.05) is 13.8 Å². The molecule has 1 aromatic heterocycles. The van der Waals surface area contributed by atoms with Crippen LogP contribution in [-0.4, -0.2) is 56.0 Å². The molecule has 1 aromatic carbocycles. The lowest BCUT2D eigenvalue weighted by Crippen LogP contribution is -2.27. The Morgan fingerprint density at radius 1 is 1.18 bits per heavy atom. The first kappa shape index (κ1) is 24.5. The van der Waals surface area contributed by atoms with Crippen molar-refractivity contribution in [1.82, 2.24) is 9.88 Å². The molecule has 0 unspecified atom stereocenters. The largest absolute Gasteiger partial charge is 0.357 e. The van der Waals surface area contributed by atoms with Crippen molar-refractivity contribution in [2.45, 2.75) is 34.1 Å². The molecule has 0 saturated carbocycles. The third-order valence-electron chi connectivity index (χ3n) is 5.68. The molecular formula is C23H31N5O4S. The maximum absolute atomic E-state index is 12.6. The number of fused-ring (bicyclic) bond motifs is 1. The van der Waals surface area contributed by atoms with Crippen molar-refractivity contribution < 1.29 is 18.0 Å². The fraction of sp³-hybridized carbons (Fsp3) is 0.391. The Morgan fingerprint density at radius 3 is 2.52 bits per heavy atom. The highest BCUT2D eigenvalue weighted by Crippen LogP contribution is 2.36. The Balaban J connectivity index is 1.86. The molecule has 0 atom stereocenters. The first-order chi connectivity index (χ1) is 15.5. The van der Waals surface area contributed by atoms with Crippen molar-refractivity contribution in [2.24, 2.45) is 0 Å². The van der Waals surface area contributed by atoms with Crippen LogP contribution in [0.3, 0.4) is 0 Å². The van der Waals surface area contributed by atoms with Crippen LogP contribution >= 0.6 is 0 Å². The lowest BCUT2D eigenvalue weighted by Gasteiger charge is -2.17. The molecule has 9 nitrogen and oxygen atoms in total. The number of aromatic nitrogens is 1. The average Bonchev–Trinajstić information content (AvgIpc) is 3.18. The quantitative estimate of drug-likeness (QED) is 0.417. The van der Waals surface area contributed by atoms with Crippen LogP contribution in [0, 0.1) is 13.8 Å². The maximum Gasteiger partial charge on any atom is 0.256 e. The van der Waals surface area contributed by atoms with Gasteiger partial charge in [0, 0.05) is 41.3 Å². The van der Waals surface area contributed by atoms with E-state index < -0.39 is 10.0 Å². The normalized spacial score (nSPS) is 14.5. The van der Waals surface area contributed by atoms with Crippen LogP contribution in [0.25, 0.3) is 11.6 Å². The van der Waals surface area contributed by atoms with Gasteiger partial charge in [-0.15, -0.1) is 0 Å². The number of H-pyrrole nitrogens is 1. The van der Waals surface area contributed by atoms with Gasteiger partial charge in [-0.3, -0.25) is 14.3 Å². The van der Waals surface area contributed by atoms with Crippen molar-refractivity contribution in [1.29, 1.82) is 0 Å². The lowest BCUT2D eigenvalue weighted by atomic mass is 10.0. The van der Waals surface area contributed by atoms with Crippen LogP contribution < -0.4 is 15.4 Å². The Kier molecular flexibility index (Phi) is 7.28. The molecule has 0 spiro atoms. The van der Waals surface area contributed by atoms with Crippen LogP contribution in [-0.2, 0) is 19.6 Å². The van der Waals surface area contributed by atoms with E-state index in [0.717, 1.165) is 30.6 Å². The summed E-state index contributed by atoms with van der Waals surface area (Å²) in [5, 5.41) is 5.79. The molecule has 178 valence electrons. The van der Waals surface area contributed by atoms with Gasteiger partial charge in [0.05, 0.1) is 17.5 Å². The molecule has 2 heterocycles. The number of nitrogens with zero attached hydrogens (tertiary/aromatic N) is 1. The van der Waals surface area contributed by atoms with Gasteiger partial charge in [0.15, 0.2) is 0 Å². The van der Waals surface area contributed by atoms with Crippen molar-refractivity contribution >= 4 is 50.5 Å². The number of carbonyl (C=O) groups excluding carboxylic acids is 2. The Morgan fingerprint density at radius 2 is 1.88 bits per heavy atom. The molecule has 2 amide bonds. The average molecular weight is 474 g/mol. The summed E-state index contributed by atoms with van der Waals surface area (Å²) in [6.07, 6.45) is 3.19. The summed E-state index contributed by atoms with van der Waals surface area (Å²) >= 11 is 0. The van der Waals surface area contributed by atoms with Crippen LogP contribution in [0.5, 0.6) is 0 Å². The topological polar surface area (TPSA) is 123 Å². The monoisotopic (exact) mass is 473 g/mol. The predicted molar refractivity (Wildman–Crippen MR) is 133 cm³/mol. The standard InChI is InChI=1S/C23H31N5O4S/c1-6-28(7-2)11-10-21(29)26-22-14(3)20(24-15(22)4)13-18-17-12-16(27-33(5,31)32)8-9-19(17)25-23(18)30/h8-9,12-13,24,27H,6-7,10-11H2,1-5H3,(H,25,30)(H,26,29)/b18-13-. The van der Waals surface area contributed by atoms with Gasteiger partial charge in [-0.05, 0) is 56.8 Å². The molecule has 0 radical (unpaired) electrons. The number of hydrogen-bond donors (Lipinski definition) is 4. The van der Waals surface area contributed by atoms with Crippen molar-refractivity contribution in [2.75, 3.05) is 41.2 Å². The van der Waals surface area contributed by atoms with Gasteiger partial charge in [-0.1, -0.05) is 13.8 Å². The highest BCUT2D eigenvalue weighted by Gasteiger charge is 2.26. The van der Waals surface area contributed by atoms with E-state index in [1.54, 1.807) is 24.3 Å². The van der Waals surface area contributed by atoms with Crippen LogP contribution in [0.15, 0.2) is 18.2 Å². The van der Waals surface area contributed by atoms with E-state index in [4.69, 9.17) is 0 Å². The molecule has 3 rings (SSSR count). The Hall–Kier alpha value is -3.11. The second kappa shape index (κ2) is 9.80. The van der Waals surface area contributed by atoms with Gasteiger partial charge in [0.1, 0.15) is 0 Å². The second-order valence-electron chi connectivity index (χ2n) is 8.14. The van der Waals surface area contributed by atoms with Gasteiger partial charge in [-0.25, -0.2) is 8.42 Å². The summed E-state index contributed by atoms with van der Waals surface area (Å²) in [5.41, 5.74) is 5.01. The first-order valence-electron chi connectivity index (χ1n) is 10.9. The minimum absolute atomic E-state index is 0.0632. The zero-order valence-electron chi connectivity index (χ0n) is 19.6. The fourth-order valence-corrected chi connectivity index (χ4v) is 4.42. The van der Waals surface area contributed by atoms with E-state index in [9.17, 15) is 18.0 Å². The molecule has 4 N–H and O–H groups in total. The zero-order chi connectivity index (χ0) is 24.3. The molecule has 0 fully saturated rings. The number of benzene rings is 1. The van der Waals surface area contributed by atoms with Crippen molar-refractivity contribution in [3.63, 3.8) is 0 Å². The van der Waals surface area contributed by atoms with E-state index in [2.05, 4.69) is 39.1 Å². The number of aryl methyl sites for hydroxylation is 1. The molecule has 0 saturated heterocycles. The lowest BCUT2D eigenvalue weighted by molar-refractivity contribution is -0.116. The summed E-state index contributed by atoms with van der Waals surface area (Å²) in [5.74, 6) is -0.343. The third-order valence-corrected chi connectivity index (χ3v) is 6.29. The highest BCUT2D eigenvalue weighted by molar-refractivity contribution is 7.92. The molecule has 0 aliphatic carbocycles. The van der Waals surface area contributed by atoms with Crippen LogP contribution in [0.4, 0.5) is 17.1 Å². The van der Waals surface area contributed by atoms with Gasteiger partial charge >= 0.3 is 0 Å². The van der Waals surface area contributed by atoms with Crippen molar-refractivity contribution in [3.8, 4) is 0 Å². The van der Waals surface area contributed by atoms with Gasteiger partial charge < -0.3 is 20.5 Å². The van der Waals surface area contributed by atoms with E-state index in [0.29, 0.717) is 46.9 Å². The number of nitrogens with one attached hydrogen (secondary N) is 4. The number of anilines is 3. The van der Waals surface area contributed by atoms with E-state index in [-0.39, 0.29) is 11.8 Å². The predicted octanol–water partition coefficient (Wildman–Crippen LogP) is 3.17. The molecule has 0 bridgehead atoms. The van der Waals surface area contributed by atoms with Crippen molar-refractivity contribution in [3.05, 3.63) is 40.7 Å². The van der Waals surface area contributed by atoms with Gasteiger partial charge in [0.2, 0.25) is 15.9 Å². The number of hydrogen-bond acceptors (Lipinski definition) is 5. The smallest absolute Gasteiger partial charge is 0.256 e. The third kappa shape index (κ3) is 5.82. The summed E-state index contributed by atoms with van der Waals surface area (Å²) in [7, 11) is -3.44. The summed E-state index contributed by atoms with van der Waals surface area (Å²) < 4.78 is 25.6. The minimum atomic E-state index is -3.44. The SMILES string of the molecule is CCN(CC)CCC(=O)Nc1c(C)[nH]c(/C=C2\C(=O)Nc3ccc(NS(C)(=O)=O)cc32)c1C. The fourth-order valence-electron chi connectivity index (χ4n) is 3.86. The summed E-state index contributed by atoms with van der Waals surface area (Å²) in [6, 6.07) is 4.89. The molecule has 10 heteroatoms. The van der Waals surface area contributed by atoms with Crippen LogP contribution in [0.2, 0.25) is 0 Å². The highest BCUT2D eigenvalue weighted by atomic mass is 32.2. The number of sulfonamides is 1. The van der Waals surface area contributed by atoms with Gasteiger partial charge in [-0.2, -0.15) is 0 Å². The summed E-state index contributed by atoms with van der Waals surface area (Å²) in [4.78, 5) is 30.5. The molecule has 33 heavy (non-hydrogen) atoms. The first-order valence-corrected chi connectivity index (χ1v) is 12.8. The molecule has 1 aliphatic rings. The Bertz CT molecular complexity index is 1210.